The van der Waals surface area contributed by atoms with E-state index < -0.39 is 10.8 Å². The quantitative estimate of drug-likeness (QED) is 0.850. The third kappa shape index (κ3) is 3.27. The maximum atomic E-state index is 12.4. The van der Waals surface area contributed by atoms with Gasteiger partial charge in [0, 0.05) is 23.8 Å². The molecular weight excluding hydrogens is 262 g/mol. The van der Waals surface area contributed by atoms with Gasteiger partial charge in [-0.3, -0.25) is 4.21 Å². The van der Waals surface area contributed by atoms with Gasteiger partial charge in [0.15, 0.2) is 11.5 Å². The average molecular weight is 279 g/mol. The highest BCUT2D eigenvalue weighted by Crippen LogP contribution is 2.32. The van der Waals surface area contributed by atoms with Crippen molar-refractivity contribution in [1.29, 1.82) is 5.26 Å². The Hall–Kier alpha value is -1.54. The summed E-state index contributed by atoms with van der Waals surface area (Å²) in [6, 6.07) is 7.46. The lowest BCUT2D eigenvalue weighted by Gasteiger charge is -2.13. The Morgan fingerprint density at radius 2 is 2.11 bits per heavy atom. The van der Waals surface area contributed by atoms with Crippen molar-refractivity contribution in [2.75, 3.05) is 13.2 Å². The molecule has 1 heterocycles. The van der Waals surface area contributed by atoms with Gasteiger partial charge in [0.1, 0.15) is 0 Å². The molecule has 0 aliphatic carbocycles. The van der Waals surface area contributed by atoms with Crippen LogP contribution in [0.3, 0.4) is 0 Å². The molecule has 1 aromatic carbocycles. The van der Waals surface area contributed by atoms with Gasteiger partial charge >= 0.3 is 0 Å². The van der Waals surface area contributed by atoms with Crippen LogP contribution in [0.2, 0.25) is 0 Å². The highest BCUT2D eigenvalue weighted by Gasteiger charge is 2.19. The Kier molecular flexibility index (Phi) is 4.80. The van der Waals surface area contributed by atoms with Crippen LogP contribution in [0.1, 0.15) is 26.2 Å². The van der Waals surface area contributed by atoms with Crippen LogP contribution in [0.25, 0.3) is 0 Å². The highest BCUT2D eigenvalue weighted by atomic mass is 32.2. The average Bonchev–Trinajstić information content (AvgIpc) is 2.68. The predicted molar refractivity (Wildman–Crippen MR) is 72.8 cm³/mol. The first-order chi connectivity index (χ1) is 9.26. The number of hydrogen-bond acceptors (Lipinski definition) is 4. The van der Waals surface area contributed by atoms with Crippen LogP contribution >= 0.6 is 0 Å². The predicted octanol–water partition coefficient (Wildman–Crippen LogP) is 2.65. The lowest BCUT2D eigenvalue weighted by molar-refractivity contribution is 0.297. The summed E-state index contributed by atoms with van der Waals surface area (Å²) in [5.74, 6) is 1.35. The fraction of sp³-hybridized carbons (Fsp3) is 0.500. The largest absolute Gasteiger partial charge is 0.490 e. The lowest BCUT2D eigenvalue weighted by Crippen LogP contribution is -2.13. The van der Waals surface area contributed by atoms with E-state index in [4.69, 9.17) is 14.7 Å². The second-order valence-corrected chi connectivity index (χ2v) is 6.08. The summed E-state index contributed by atoms with van der Waals surface area (Å²) in [5, 5.41) is 8.63. The van der Waals surface area contributed by atoms with Crippen LogP contribution in [0.15, 0.2) is 23.1 Å². The van der Waals surface area contributed by atoms with Crippen molar-refractivity contribution in [3.8, 4) is 17.6 Å². The van der Waals surface area contributed by atoms with E-state index in [1.165, 1.54) is 0 Å². The van der Waals surface area contributed by atoms with Gasteiger partial charge < -0.3 is 9.47 Å². The minimum absolute atomic E-state index is 0.130. The topological polar surface area (TPSA) is 59.3 Å². The van der Waals surface area contributed by atoms with Crippen molar-refractivity contribution in [1.82, 2.24) is 0 Å². The number of rotatable bonds is 4. The normalized spacial score (nSPS) is 17.1. The molecular formula is C14H17NO3S. The van der Waals surface area contributed by atoms with E-state index in [9.17, 15) is 4.21 Å². The zero-order valence-corrected chi connectivity index (χ0v) is 11.7. The Bertz CT molecular complexity index is 510. The second kappa shape index (κ2) is 6.58. The first-order valence-electron chi connectivity index (χ1n) is 6.43. The summed E-state index contributed by atoms with van der Waals surface area (Å²) in [6.07, 6.45) is 1.87. The Morgan fingerprint density at radius 3 is 2.79 bits per heavy atom. The Labute approximate surface area is 115 Å². The molecule has 2 atom stereocenters. The first-order valence-corrected chi connectivity index (χ1v) is 7.64. The molecule has 102 valence electrons. The fourth-order valence-electron chi connectivity index (χ4n) is 1.93. The summed E-state index contributed by atoms with van der Waals surface area (Å²) in [5.41, 5.74) is 0. The standard InChI is InChI=1S/C14H17NO3S/c1-2-11(6-7-15)19(16)12-4-5-13-14(10-12)18-9-3-8-17-13/h4-5,10-11H,2-3,6,8-9H2,1H3. The van der Waals surface area contributed by atoms with Gasteiger partial charge in [0.05, 0.1) is 35.3 Å². The third-order valence-corrected chi connectivity index (χ3v) is 4.85. The summed E-state index contributed by atoms with van der Waals surface area (Å²) >= 11 is 0. The van der Waals surface area contributed by atoms with Crippen molar-refractivity contribution in [3.05, 3.63) is 18.2 Å². The van der Waals surface area contributed by atoms with Gasteiger partial charge in [-0.05, 0) is 18.6 Å². The lowest BCUT2D eigenvalue weighted by atomic mass is 10.3. The summed E-state index contributed by atoms with van der Waals surface area (Å²) in [6.45, 7) is 3.20. The summed E-state index contributed by atoms with van der Waals surface area (Å²) in [4.78, 5) is 0.700. The zero-order valence-electron chi connectivity index (χ0n) is 10.9. The molecule has 0 saturated carbocycles. The molecule has 1 aliphatic rings. The Morgan fingerprint density at radius 1 is 1.37 bits per heavy atom. The molecule has 0 spiro atoms. The van der Waals surface area contributed by atoms with Gasteiger partial charge in [-0.1, -0.05) is 6.92 Å². The number of benzene rings is 1. The molecule has 19 heavy (non-hydrogen) atoms. The molecule has 0 saturated heterocycles. The van der Waals surface area contributed by atoms with Crippen LogP contribution in [-0.4, -0.2) is 22.7 Å². The van der Waals surface area contributed by atoms with Crippen LogP contribution in [0.5, 0.6) is 11.5 Å². The van der Waals surface area contributed by atoms with E-state index in [-0.39, 0.29) is 5.25 Å². The molecule has 2 unspecified atom stereocenters. The van der Waals surface area contributed by atoms with E-state index >= 15 is 0 Å². The Balaban J connectivity index is 2.23. The van der Waals surface area contributed by atoms with Crippen molar-refractivity contribution in [2.45, 2.75) is 36.3 Å². The number of hydrogen-bond donors (Lipinski definition) is 0. The van der Waals surface area contributed by atoms with Crippen LogP contribution in [0.4, 0.5) is 0 Å². The molecule has 0 amide bonds. The fourth-order valence-corrected chi connectivity index (χ4v) is 3.27. The van der Waals surface area contributed by atoms with Crippen molar-refractivity contribution in [3.63, 3.8) is 0 Å². The van der Waals surface area contributed by atoms with Gasteiger partial charge in [-0.25, -0.2) is 0 Å². The third-order valence-electron chi connectivity index (χ3n) is 3.03. The number of fused-ring (bicyclic) bond motifs is 1. The van der Waals surface area contributed by atoms with E-state index in [0.717, 1.165) is 6.42 Å². The summed E-state index contributed by atoms with van der Waals surface area (Å²) in [7, 11) is -1.18. The molecule has 4 nitrogen and oxygen atoms in total. The smallest absolute Gasteiger partial charge is 0.162 e. The van der Waals surface area contributed by atoms with E-state index in [0.29, 0.717) is 42.4 Å². The van der Waals surface area contributed by atoms with Gasteiger partial charge in [-0.2, -0.15) is 5.26 Å². The second-order valence-electron chi connectivity index (χ2n) is 4.35. The first kappa shape index (κ1) is 13.9. The van der Waals surface area contributed by atoms with Gasteiger partial charge in [0.2, 0.25) is 0 Å². The molecule has 2 rings (SSSR count). The number of nitriles is 1. The monoisotopic (exact) mass is 279 g/mol. The molecule has 1 aliphatic heterocycles. The van der Waals surface area contributed by atoms with Crippen molar-refractivity contribution >= 4 is 10.8 Å². The van der Waals surface area contributed by atoms with Gasteiger partial charge in [0.25, 0.3) is 0 Å². The van der Waals surface area contributed by atoms with E-state index in [1.807, 2.05) is 6.92 Å². The highest BCUT2D eigenvalue weighted by molar-refractivity contribution is 7.85. The molecule has 0 bridgehead atoms. The number of ether oxygens (including phenoxy) is 2. The van der Waals surface area contributed by atoms with Crippen LogP contribution in [0, 0.1) is 11.3 Å². The number of nitrogens with zero attached hydrogens (tertiary/aromatic N) is 1. The molecule has 0 aromatic heterocycles. The molecule has 0 N–H and O–H groups in total. The molecule has 0 radical (unpaired) electrons. The maximum absolute atomic E-state index is 12.4. The minimum Gasteiger partial charge on any atom is -0.490 e. The molecule has 1 aromatic rings. The van der Waals surface area contributed by atoms with Crippen molar-refractivity contribution < 1.29 is 13.7 Å². The maximum Gasteiger partial charge on any atom is 0.162 e. The van der Waals surface area contributed by atoms with Crippen molar-refractivity contribution in [2.24, 2.45) is 0 Å². The zero-order chi connectivity index (χ0) is 13.7. The summed E-state index contributed by atoms with van der Waals surface area (Å²) < 4.78 is 23.5. The van der Waals surface area contributed by atoms with Gasteiger partial charge in [-0.15, -0.1) is 0 Å². The van der Waals surface area contributed by atoms with Crippen LogP contribution < -0.4 is 9.47 Å². The van der Waals surface area contributed by atoms with E-state index in [1.54, 1.807) is 18.2 Å². The molecule has 5 heteroatoms. The van der Waals surface area contributed by atoms with Crippen LogP contribution in [-0.2, 0) is 10.8 Å². The SMILES string of the molecule is CCC(CC#N)S(=O)c1ccc2c(c1)OCCCO2. The minimum atomic E-state index is -1.18. The molecule has 0 fully saturated rings. The van der Waals surface area contributed by atoms with E-state index in [2.05, 4.69) is 6.07 Å².